The fourth-order valence-corrected chi connectivity index (χ4v) is 8.94. The Kier molecular flexibility index (Phi) is 17.0. The number of halogens is 24. The van der Waals surface area contributed by atoms with E-state index in [2.05, 4.69) is 4.98 Å². The highest BCUT2D eigenvalue weighted by atomic mass is 19.4. The fraction of sp³-hybridized carbons (Fsp3) is 0.300. The number of alkyl halides is 24. The molecule has 1 aromatic heterocycles. The molecular formula is C50H33BF24N2O2. The second kappa shape index (κ2) is 21.9. The van der Waals surface area contributed by atoms with E-state index in [0.717, 1.165) is 31.2 Å². The van der Waals surface area contributed by atoms with Gasteiger partial charge in [0.1, 0.15) is 18.4 Å². The maximum atomic E-state index is 14.2. The van der Waals surface area contributed by atoms with E-state index in [-0.39, 0.29) is 12.1 Å². The molecule has 0 aliphatic heterocycles. The molecule has 79 heavy (non-hydrogen) atoms. The van der Waals surface area contributed by atoms with Gasteiger partial charge in [0.15, 0.2) is 12.7 Å². The quantitative estimate of drug-likeness (QED) is 0.0660. The number of ether oxygens (including phenoxy) is 1. The molecule has 5 aromatic carbocycles. The summed E-state index contributed by atoms with van der Waals surface area (Å²) in [6.45, 7) is 0.637. The molecule has 0 radical (unpaired) electrons. The molecular weight excluding hydrogens is 1130 g/mol. The standard InChI is InChI=1S/C32H12BF24.C18H21N2O2/c34-25(35,36)13-1-14(26(37,38)39)6-21(5-13)33(22-7-15(27(40,41)42)2-16(8-22)28(43,44)45,23-9-17(29(46,47)48)3-18(10-23)30(49,50)51)24-11-19(31(52,53)54)4-20(12-24)32(55,56)57;21-18(22-16-9-5-2-6-10-16)17-13-19-11-12-20(17)14-15-7-3-1-4-8-15/h1-12H;1,3-4,7-8,11-13,16H,2,5-6,9-10,14H2/q-1;+1. The highest BCUT2D eigenvalue weighted by Crippen LogP contribution is 2.41. The molecule has 29 heteroatoms. The number of hydrogen-bond donors (Lipinski definition) is 0. The van der Waals surface area contributed by atoms with Crippen LogP contribution in [0.2, 0.25) is 0 Å². The molecule has 6 aromatic rings. The molecule has 1 aliphatic rings. The Labute approximate surface area is 429 Å². The van der Waals surface area contributed by atoms with Gasteiger partial charge >= 0.3 is 61.1 Å². The van der Waals surface area contributed by atoms with Crippen LogP contribution in [0.3, 0.4) is 0 Å². The minimum atomic E-state index is -6.13. The second-order valence-electron chi connectivity index (χ2n) is 18.0. The first-order chi connectivity index (χ1) is 36.1. The summed E-state index contributed by atoms with van der Waals surface area (Å²) in [5.74, 6) is -0.268. The second-order valence-corrected chi connectivity index (χ2v) is 18.0. The van der Waals surface area contributed by atoms with Crippen molar-refractivity contribution in [2.75, 3.05) is 0 Å². The molecule has 426 valence electrons. The van der Waals surface area contributed by atoms with Crippen LogP contribution >= 0.6 is 0 Å². The Bertz CT molecular complexity index is 2690. The Morgan fingerprint density at radius 2 is 0.734 bits per heavy atom. The highest BCUT2D eigenvalue weighted by molar-refractivity contribution is 7.20. The van der Waals surface area contributed by atoms with Gasteiger partial charge in [-0.2, -0.15) is 132 Å². The van der Waals surface area contributed by atoms with E-state index in [0.29, 0.717) is 12.2 Å². The molecule has 0 spiro atoms. The van der Waals surface area contributed by atoms with Crippen molar-refractivity contribution in [1.82, 2.24) is 4.98 Å². The van der Waals surface area contributed by atoms with E-state index in [1.165, 1.54) is 6.42 Å². The van der Waals surface area contributed by atoms with Gasteiger partial charge in [-0.25, -0.2) is 4.79 Å². The zero-order chi connectivity index (χ0) is 59.1. The summed E-state index contributed by atoms with van der Waals surface area (Å²) in [4.78, 5) is 16.5. The van der Waals surface area contributed by atoms with Crippen molar-refractivity contribution in [2.45, 2.75) is 94.2 Å². The Morgan fingerprint density at radius 3 is 1.01 bits per heavy atom. The molecule has 1 fully saturated rings. The monoisotopic (exact) mass is 1160 g/mol. The van der Waals surface area contributed by atoms with Gasteiger partial charge in [0.2, 0.25) is 0 Å². The lowest BCUT2D eigenvalue weighted by Gasteiger charge is -2.46. The Morgan fingerprint density at radius 1 is 0.443 bits per heavy atom. The largest absolute Gasteiger partial charge is 0.454 e. The molecule has 7 rings (SSSR count). The SMILES string of the molecule is FC(F)(F)c1cc([B-](c2cc(C(F)(F)F)cc(C(F)(F)F)c2)(c2cc(C(F)(F)F)cc(C(F)(F)F)c2)c2cc(C(F)(F)F)cc(C(F)(F)F)c2)cc(C(F)(F)F)c1.O=C(OC1CCCCC1)c1cncc[n+]1Cc1ccccc1. The topological polar surface area (TPSA) is 43.1 Å². The lowest BCUT2D eigenvalue weighted by Crippen LogP contribution is -2.75. The number of carbonyl (C=O) groups is 1. The molecule has 4 nitrogen and oxygen atoms in total. The third-order valence-electron chi connectivity index (χ3n) is 12.5. The highest BCUT2D eigenvalue weighted by Gasteiger charge is 2.47. The van der Waals surface area contributed by atoms with Crippen molar-refractivity contribution in [2.24, 2.45) is 0 Å². The van der Waals surface area contributed by atoms with E-state index in [1.54, 1.807) is 12.4 Å². The first-order valence-corrected chi connectivity index (χ1v) is 22.5. The van der Waals surface area contributed by atoms with Gasteiger partial charge in [0.05, 0.1) is 50.7 Å². The van der Waals surface area contributed by atoms with Gasteiger partial charge in [0, 0.05) is 5.56 Å². The molecule has 0 saturated heterocycles. The van der Waals surface area contributed by atoms with Crippen molar-refractivity contribution in [1.29, 1.82) is 0 Å². The summed E-state index contributed by atoms with van der Waals surface area (Å²) in [5.41, 5.74) is -28.5. The fourth-order valence-electron chi connectivity index (χ4n) is 8.94. The molecule has 0 bridgehead atoms. The van der Waals surface area contributed by atoms with Gasteiger partial charge in [-0.3, -0.25) is 4.98 Å². The number of esters is 1. The zero-order valence-electron chi connectivity index (χ0n) is 39.2. The van der Waals surface area contributed by atoms with Crippen molar-refractivity contribution in [3.05, 3.63) is 177 Å². The maximum absolute atomic E-state index is 14.2. The normalized spacial score (nSPS) is 14.6. The van der Waals surface area contributed by atoms with Gasteiger partial charge in [0.25, 0.3) is 0 Å². The van der Waals surface area contributed by atoms with Crippen molar-refractivity contribution >= 4 is 34.0 Å². The van der Waals surface area contributed by atoms with Crippen molar-refractivity contribution < 1.29 is 119 Å². The summed E-state index contributed by atoms with van der Waals surface area (Å²) < 4.78 is 348. The number of nitrogens with zero attached hydrogens (tertiary/aromatic N) is 2. The Balaban J connectivity index is 0.000000378. The van der Waals surface area contributed by atoms with Crippen LogP contribution in [0.5, 0.6) is 0 Å². The van der Waals surface area contributed by atoms with Crippen molar-refractivity contribution in [3.63, 3.8) is 0 Å². The number of carbonyl (C=O) groups excluding carboxylic acids is 1. The summed E-state index contributed by atoms with van der Waals surface area (Å²) >= 11 is 0. The lowest BCUT2D eigenvalue weighted by atomic mass is 9.12. The molecule has 1 heterocycles. The van der Waals surface area contributed by atoms with Crippen LogP contribution in [0.25, 0.3) is 0 Å². The van der Waals surface area contributed by atoms with Crippen LogP contribution in [0.1, 0.15) is 92.7 Å². The van der Waals surface area contributed by atoms with Crippen LogP contribution in [0.4, 0.5) is 105 Å². The predicted molar refractivity (Wildman–Crippen MR) is 232 cm³/mol. The first kappa shape index (κ1) is 61.3. The van der Waals surface area contributed by atoms with E-state index in [4.69, 9.17) is 4.74 Å². The van der Waals surface area contributed by atoms with Gasteiger partial charge in [-0.05, 0) is 49.9 Å². The number of benzene rings is 5. The molecule has 0 unspecified atom stereocenters. The number of hydrogen-bond acceptors (Lipinski definition) is 3. The predicted octanol–water partition coefficient (Wildman–Crippen LogP) is 14.1. The first-order valence-electron chi connectivity index (χ1n) is 22.5. The molecule has 0 atom stereocenters. The summed E-state index contributed by atoms with van der Waals surface area (Å²) in [6.07, 6.45) is -44.1. The average molecular weight is 1160 g/mol. The molecule has 1 aliphatic carbocycles. The van der Waals surface area contributed by atoms with E-state index < -0.39 is 195 Å². The van der Waals surface area contributed by atoms with Crippen LogP contribution in [-0.2, 0) is 60.7 Å². The molecule has 0 N–H and O–H groups in total. The van der Waals surface area contributed by atoms with E-state index in [9.17, 15) is 110 Å². The van der Waals surface area contributed by atoms with Crippen LogP contribution in [-0.4, -0.2) is 23.2 Å². The molecule has 1 saturated carbocycles. The van der Waals surface area contributed by atoms with Crippen LogP contribution in [0.15, 0.2) is 122 Å². The van der Waals surface area contributed by atoms with Crippen LogP contribution in [0, 0.1) is 0 Å². The minimum Gasteiger partial charge on any atom is -0.454 e. The third kappa shape index (κ3) is 14.6. The van der Waals surface area contributed by atoms with Gasteiger partial charge in [-0.1, -0.05) is 85.3 Å². The number of aromatic nitrogens is 2. The lowest BCUT2D eigenvalue weighted by molar-refractivity contribution is -0.691. The summed E-state index contributed by atoms with van der Waals surface area (Å²) in [5, 5.41) is 0. The summed E-state index contributed by atoms with van der Waals surface area (Å²) in [7, 11) is 0. The van der Waals surface area contributed by atoms with Crippen molar-refractivity contribution in [3.8, 4) is 0 Å². The smallest absolute Gasteiger partial charge is 0.416 e. The third-order valence-corrected chi connectivity index (χ3v) is 12.5. The molecule has 0 amide bonds. The Hall–Kier alpha value is -6.97. The van der Waals surface area contributed by atoms with E-state index >= 15 is 0 Å². The van der Waals surface area contributed by atoms with Crippen LogP contribution < -0.4 is 26.4 Å². The average Bonchev–Trinajstić information content (AvgIpc) is 3.54. The number of rotatable bonds is 8. The summed E-state index contributed by atoms with van der Waals surface area (Å²) in [6, 6.07) is 1.26. The zero-order valence-corrected chi connectivity index (χ0v) is 39.2. The van der Waals surface area contributed by atoms with E-state index in [1.807, 2.05) is 41.1 Å². The maximum Gasteiger partial charge on any atom is 0.416 e. The van der Waals surface area contributed by atoms with Gasteiger partial charge < -0.3 is 4.74 Å². The minimum absolute atomic E-state index is 0.0617. The van der Waals surface area contributed by atoms with Gasteiger partial charge in [-0.15, -0.1) is 0 Å².